The molecule has 1 fully saturated rings. The van der Waals surface area contributed by atoms with Crippen LogP contribution in [-0.2, 0) is 4.79 Å². The number of piperidine rings is 1. The maximum atomic E-state index is 13.9. The molecule has 2 nitrogen and oxygen atoms in total. The molecule has 19 heavy (non-hydrogen) atoms. The molecule has 0 unspecified atom stereocenters. The monoisotopic (exact) mass is 301 g/mol. The molecular formula is C14H14Cl2FNO. The summed E-state index contributed by atoms with van der Waals surface area (Å²) in [6.45, 7) is 1.24. The first-order valence-electron chi connectivity index (χ1n) is 6.19. The average molecular weight is 302 g/mol. The van der Waals surface area contributed by atoms with E-state index in [9.17, 15) is 9.18 Å². The number of benzene rings is 1. The van der Waals surface area contributed by atoms with Crippen LogP contribution >= 0.6 is 23.2 Å². The summed E-state index contributed by atoms with van der Waals surface area (Å²) in [4.78, 5) is 13.4. The van der Waals surface area contributed by atoms with Gasteiger partial charge in [0.1, 0.15) is 0 Å². The minimum Gasteiger partial charge on any atom is -0.337 e. The molecule has 0 aliphatic carbocycles. The van der Waals surface area contributed by atoms with E-state index in [0.717, 1.165) is 25.3 Å². The van der Waals surface area contributed by atoms with Crippen molar-refractivity contribution < 1.29 is 9.18 Å². The van der Waals surface area contributed by atoms with Gasteiger partial charge in [-0.05, 0) is 43.0 Å². The largest absolute Gasteiger partial charge is 0.337 e. The zero-order valence-electron chi connectivity index (χ0n) is 10.3. The van der Waals surface area contributed by atoms with Crippen LogP contribution in [0.3, 0.4) is 0 Å². The van der Waals surface area contributed by atoms with E-state index in [-0.39, 0.29) is 0 Å². The maximum absolute atomic E-state index is 13.9. The van der Waals surface area contributed by atoms with Gasteiger partial charge in [0.05, 0.1) is 0 Å². The van der Waals surface area contributed by atoms with Crippen molar-refractivity contribution in [3.05, 3.63) is 39.6 Å². The number of halogens is 3. The van der Waals surface area contributed by atoms with Crippen LogP contribution in [0.25, 0.3) is 6.08 Å². The Morgan fingerprint density at radius 2 is 1.89 bits per heavy atom. The highest BCUT2D eigenvalue weighted by atomic mass is 35.5. The Bertz CT molecular complexity index is 510. The molecule has 1 aliphatic heterocycles. The van der Waals surface area contributed by atoms with Gasteiger partial charge in [0.15, 0.2) is 5.83 Å². The normalized spacial score (nSPS) is 16.6. The summed E-state index contributed by atoms with van der Waals surface area (Å²) < 4.78 is 13.9. The summed E-state index contributed by atoms with van der Waals surface area (Å²) in [6, 6.07) is 4.72. The Balaban J connectivity index is 2.15. The minimum atomic E-state index is -0.786. The van der Waals surface area contributed by atoms with E-state index in [1.807, 2.05) is 0 Å². The zero-order valence-corrected chi connectivity index (χ0v) is 11.8. The Hall–Kier alpha value is -1.06. The van der Waals surface area contributed by atoms with Gasteiger partial charge in [-0.15, -0.1) is 0 Å². The van der Waals surface area contributed by atoms with E-state index in [1.54, 1.807) is 17.0 Å². The first kappa shape index (κ1) is 14.4. The van der Waals surface area contributed by atoms with Crippen LogP contribution in [0.2, 0.25) is 10.0 Å². The van der Waals surface area contributed by atoms with Crippen LogP contribution in [0, 0.1) is 0 Å². The van der Waals surface area contributed by atoms with Crippen molar-refractivity contribution in [2.75, 3.05) is 13.1 Å². The van der Waals surface area contributed by atoms with E-state index in [2.05, 4.69) is 0 Å². The molecule has 0 saturated carbocycles. The second-order valence-corrected chi connectivity index (χ2v) is 5.35. The smallest absolute Gasteiger partial charge is 0.282 e. The molecule has 0 aromatic heterocycles. The number of carbonyl (C=O) groups is 1. The highest BCUT2D eigenvalue weighted by molar-refractivity contribution is 6.35. The van der Waals surface area contributed by atoms with Gasteiger partial charge in [-0.2, -0.15) is 0 Å². The minimum absolute atomic E-state index is 0.328. The highest BCUT2D eigenvalue weighted by Crippen LogP contribution is 2.24. The van der Waals surface area contributed by atoms with Crippen molar-refractivity contribution in [3.63, 3.8) is 0 Å². The van der Waals surface area contributed by atoms with Crippen molar-refractivity contribution in [1.82, 2.24) is 4.90 Å². The van der Waals surface area contributed by atoms with Crippen LogP contribution in [0.15, 0.2) is 24.0 Å². The molecule has 1 aromatic rings. The van der Waals surface area contributed by atoms with Crippen LogP contribution in [-0.4, -0.2) is 23.9 Å². The second kappa shape index (κ2) is 6.40. The fourth-order valence-electron chi connectivity index (χ4n) is 2.06. The number of hydrogen-bond acceptors (Lipinski definition) is 1. The number of nitrogens with zero attached hydrogens (tertiary/aromatic N) is 1. The third kappa shape index (κ3) is 3.71. The molecule has 1 amide bonds. The van der Waals surface area contributed by atoms with Gasteiger partial charge in [0, 0.05) is 23.1 Å². The lowest BCUT2D eigenvalue weighted by Crippen LogP contribution is -2.35. The first-order valence-corrected chi connectivity index (χ1v) is 6.95. The maximum Gasteiger partial charge on any atom is 0.282 e. The lowest BCUT2D eigenvalue weighted by Gasteiger charge is -2.25. The summed E-state index contributed by atoms with van der Waals surface area (Å²) >= 11 is 11.7. The van der Waals surface area contributed by atoms with E-state index < -0.39 is 11.7 Å². The molecule has 1 heterocycles. The Kier molecular flexibility index (Phi) is 4.83. The van der Waals surface area contributed by atoms with E-state index in [0.29, 0.717) is 28.7 Å². The van der Waals surface area contributed by atoms with Crippen molar-refractivity contribution in [1.29, 1.82) is 0 Å². The molecule has 1 aromatic carbocycles. The number of hydrogen-bond donors (Lipinski definition) is 0. The van der Waals surface area contributed by atoms with Gasteiger partial charge in [-0.1, -0.05) is 29.3 Å². The molecule has 5 heteroatoms. The summed E-state index contributed by atoms with van der Waals surface area (Å²) in [5.41, 5.74) is 0.453. The van der Waals surface area contributed by atoms with E-state index >= 15 is 0 Å². The topological polar surface area (TPSA) is 20.3 Å². The molecule has 0 N–H and O–H groups in total. The van der Waals surface area contributed by atoms with E-state index in [4.69, 9.17) is 23.2 Å². The third-order valence-electron chi connectivity index (χ3n) is 3.09. The van der Waals surface area contributed by atoms with Gasteiger partial charge in [0.25, 0.3) is 5.91 Å². The summed E-state index contributed by atoms with van der Waals surface area (Å²) in [7, 11) is 0. The Labute approximate surface area is 121 Å². The zero-order chi connectivity index (χ0) is 13.8. The van der Waals surface area contributed by atoms with Gasteiger partial charge in [0.2, 0.25) is 0 Å². The third-order valence-corrected chi connectivity index (χ3v) is 3.65. The lowest BCUT2D eigenvalue weighted by atomic mass is 10.1. The second-order valence-electron chi connectivity index (χ2n) is 4.51. The number of carbonyl (C=O) groups excluding carboxylic acids is 1. The first-order chi connectivity index (χ1) is 9.08. The number of amides is 1. The summed E-state index contributed by atoms with van der Waals surface area (Å²) in [5, 5.41) is 0.805. The quantitative estimate of drug-likeness (QED) is 0.745. The van der Waals surface area contributed by atoms with Crippen LogP contribution in [0.4, 0.5) is 4.39 Å². The molecule has 1 aliphatic rings. The predicted octanol–water partition coefficient (Wildman–Crippen LogP) is 4.32. The van der Waals surface area contributed by atoms with Crippen LogP contribution < -0.4 is 0 Å². The van der Waals surface area contributed by atoms with Crippen molar-refractivity contribution in [2.45, 2.75) is 19.3 Å². The highest BCUT2D eigenvalue weighted by Gasteiger charge is 2.20. The van der Waals surface area contributed by atoms with Crippen molar-refractivity contribution >= 4 is 35.2 Å². The van der Waals surface area contributed by atoms with Gasteiger partial charge < -0.3 is 4.90 Å². The Morgan fingerprint density at radius 1 is 1.21 bits per heavy atom. The van der Waals surface area contributed by atoms with Gasteiger partial charge in [-0.3, -0.25) is 4.79 Å². The fourth-order valence-corrected chi connectivity index (χ4v) is 2.53. The number of likely N-dealkylation sites (tertiary alicyclic amines) is 1. The van der Waals surface area contributed by atoms with Crippen LogP contribution in [0.1, 0.15) is 24.8 Å². The van der Waals surface area contributed by atoms with Crippen molar-refractivity contribution in [2.24, 2.45) is 0 Å². The number of rotatable bonds is 2. The molecule has 0 atom stereocenters. The van der Waals surface area contributed by atoms with Crippen LogP contribution in [0.5, 0.6) is 0 Å². The summed E-state index contributed by atoms with van der Waals surface area (Å²) in [6.07, 6.45) is 4.12. The summed E-state index contributed by atoms with van der Waals surface area (Å²) in [5.74, 6) is -1.35. The molecule has 1 saturated heterocycles. The fraction of sp³-hybridized carbons (Fsp3) is 0.357. The molecule has 2 rings (SSSR count). The predicted molar refractivity (Wildman–Crippen MR) is 76.0 cm³/mol. The lowest BCUT2D eigenvalue weighted by molar-refractivity contribution is -0.129. The van der Waals surface area contributed by atoms with Gasteiger partial charge >= 0.3 is 0 Å². The van der Waals surface area contributed by atoms with E-state index in [1.165, 1.54) is 6.07 Å². The average Bonchev–Trinajstić information content (AvgIpc) is 2.42. The molecular weight excluding hydrogens is 288 g/mol. The van der Waals surface area contributed by atoms with Gasteiger partial charge in [-0.25, -0.2) is 4.39 Å². The SMILES string of the molecule is O=C(/C(F)=C/c1ccc(Cl)cc1Cl)N1CCCCC1. The molecule has 0 radical (unpaired) electrons. The molecule has 0 bridgehead atoms. The standard InChI is InChI=1S/C14H14Cl2FNO/c15-11-5-4-10(12(16)9-11)8-13(17)14(19)18-6-2-1-3-7-18/h4-5,8-9H,1-3,6-7H2/b13-8-. The van der Waals surface area contributed by atoms with Crippen molar-refractivity contribution in [3.8, 4) is 0 Å². The molecule has 102 valence electrons. The molecule has 0 spiro atoms. The Morgan fingerprint density at radius 3 is 2.53 bits per heavy atom.